The number of hydrogen-bond donors (Lipinski definition) is 0. The predicted molar refractivity (Wildman–Crippen MR) is 64.0 cm³/mol. The largest absolute Gasteiger partial charge is 0.573 e. The molecule has 0 bridgehead atoms. The third-order valence-electron chi connectivity index (χ3n) is 2.45. The van der Waals surface area contributed by atoms with E-state index >= 15 is 0 Å². The van der Waals surface area contributed by atoms with Crippen molar-refractivity contribution in [2.45, 2.75) is 11.3 Å². The van der Waals surface area contributed by atoms with Gasteiger partial charge in [-0.25, -0.2) is 0 Å². The van der Waals surface area contributed by atoms with Crippen molar-refractivity contribution in [1.82, 2.24) is 0 Å². The number of hydrogen-bond acceptors (Lipinski definition) is 3. The second-order valence-electron chi connectivity index (χ2n) is 3.75. The lowest BCUT2D eigenvalue weighted by Gasteiger charge is -2.34. The highest BCUT2D eigenvalue weighted by Crippen LogP contribution is 2.29. The van der Waals surface area contributed by atoms with Gasteiger partial charge in [0.05, 0.1) is 13.2 Å². The Morgan fingerprint density at radius 1 is 1.39 bits per heavy atom. The third kappa shape index (κ3) is 3.52. The standard InChI is InChI=1S/C11H11BrF3NO2/c12-10-7-17-5-4-16(10)8-2-1-3-9(6-8)18-11(13,14)15/h1-3,6,10H,4-5,7H2. The Bertz CT molecular complexity index is 414. The van der Waals surface area contributed by atoms with Crippen LogP contribution in [0.2, 0.25) is 0 Å². The van der Waals surface area contributed by atoms with Crippen LogP contribution in [0.4, 0.5) is 18.9 Å². The Balaban J connectivity index is 2.16. The van der Waals surface area contributed by atoms with Gasteiger partial charge in [-0.3, -0.25) is 0 Å². The first-order chi connectivity index (χ1) is 8.46. The summed E-state index contributed by atoms with van der Waals surface area (Å²) < 4.78 is 45.5. The first-order valence-corrected chi connectivity index (χ1v) is 6.21. The van der Waals surface area contributed by atoms with Crippen molar-refractivity contribution in [2.24, 2.45) is 0 Å². The summed E-state index contributed by atoms with van der Waals surface area (Å²) in [6.07, 6.45) is -4.67. The van der Waals surface area contributed by atoms with Gasteiger partial charge in [0.25, 0.3) is 0 Å². The van der Waals surface area contributed by atoms with Crippen molar-refractivity contribution in [1.29, 1.82) is 0 Å². The molecule has 0 aromatic heterocycles. The molecule has 0 spiro atoms. The fourth-order valence-corrected chi connectivity index (χ4v) is 2.35. The van der Waals surface area contributed by atoms with Gasteiger partial charge in [-0.05, 0) is 12.1 Å². The van der Waals surface area contributed by atoms with Crippen LogP contribution >= 0.6 is 15.9 Å². The Kier molecular flexibility index (Phi) is 4.01. The molecular weight excluding hydrogens is 315 g/mol. The van der Waals surface area contributed by atoms with Crippen LogP contribution in [-0.2, 0) is 4.74 Å². The third-order valence-corrected chi connectivity index (χ3v) is 3.21. The van der Waals surface area contributed by atoms with E-state index in [2.05, 4.69) is 20.7 Å². The lowest BCUT2D eigenvalue weighted by atomic mass is 10.2. The monoisotopic (exact) mass is 325 g/mol. The highest BCUT2D eigenvalue weighted by Gasteiger charge is 2.31. The van der Waals surface area contributed by atoms with Gasteiger partial charge >= 0.3 is 6.36 Å². The van der Waals surface area contributed by atoms with Crippen LogP contribution in [0.25, 0.3) is 0 Å². The average molecular weight is 326 g/mol. The van der Waals surface area contributed by atoms with Gasteiger partial charge in [-0.2, -0.15) is 0 Å². The van der Waals surface area contributed by atoms with Crippen molar-refractivity contribution in [2.75, 3.05) is 24.7 Å². The van der Waals surface area contributed by atoms with E-state index in [0.717, 1.165) is 0 Å². The minimum Gasteiger partial charge on any atom is -0.406 e. The molecule has 0 amide bonds. The van der Waals surface area contributed by atoms with Gasteiger partial charge in [0.2, 0.25) is 0 Å². The first kappa shape index (κ1) is 13.5. The molecule has 18 heavy (non-hydrogen) atoms. The molecule has 100 valence electrons. The molecule has 1 saturated heterocycles. The zero-order chi connectivity index (χ0) is 13.2. The molecule has 0 saturated carbocycles. The molecule has 3 nitrogen and oxygen atoms in total. The lowest BCUT2D eigenvalue weighted by Crippen LogP contribution is -2.41. The number of alkyl halides is 4. The summed E-state index contributed by atoms with van der Waals surface area (Å²) in [4.78, 5) is 1.87. The van der Waals surface area contributed by atoms with Crippen LogP contribution in [0, 0.1) is 0 Å². The molecule has 0 N–H and O–H groups in total. The van der Waals surface area contributed by atoms with E-state index in [9.17, 15) is 13.2 Å². The average Bonchev–Trinajstić information content (AvgIpc) is 2.27. The molecule has 0 aliphatic carbocycles. The van der Waals surface area contributed by atoms with Crippen LogP contribution < -0.4 is 9.64 Å². The molecule has 1 atom stereocenters. The predicted octanol–water partition coefficient (Wildman–Crippen LogP) is 3.14. The number of rotatable bonds is 2. The van der Waals surface area contributed by atoms with E-state index in [1.165, 1.54) is 18.2 Å². The summed E-state index contributed by atoms with van der Waals surface area (Å²) in [5, 5.41) is 0. The number of benzene rings is 1. The number of anilines is 1. The maximum Gasteiger partial charge on any atom is 0.573 e. The SMILES string of the molecule is FC(F)(F)Oc1cccc(N2CCOCC2Br)c1. The number of morpholine rings is 1. The summed E-state index contributed by atoms with van der Waals surface area (Å²) in [6, 6.07) is 5.92. The van der Waals surface area contributed by atoms with E-state index in [1.807, 2.05) is 4.90 Å². The molecule has 1 unspecified atom stereocenters. The van der Waals surface area contributed by atoms with Gasteiger partial charge in [0, 0.05) is 18.3 Å². The van der Waals surface area contributed by atoms with E-state index in [0.29, 0.717) is 25.4 Å². The summed E-state index contributed by atoms with van der Waals surface area (Å²) in [5.74, 6) is -0.216. The molecule has 1 aliphatic rings. The molecule has 1 aromatic carbocycles. The second-order valence-corrected chi connectivity index (χ2v) is 4.80. The zero-order valence-corrected chi connectivity index (χ0v) is 10.9. The van der Waals surface area contributed by atoms with E-state index in [1.54, 1.807) is 6.07 Å². The van der Waals surface area contributed by atoms with Gasteiger partial charge in [-0.1, -0.05) is 22.0 Å². The van der Waals surface area contributed by atoms with Gasteiger partial charge in [0.1, 0.15) is 10.7 Å². The highest BCUT2D eigenvalue weighted by atomic mass is 79.9. The minimum absolute atomic E-state index is 0.0487. The van der Waals surface area contributed by atoms with Gasteiger partial charge < -0.3 is 14.4 Å². The fraction of sp³-hybridized carbons (Fsp3) is 0.455. The van der Waals surface area contributed by atoms with E-state index in [4.69, 9.17) is 4.74 Å². The summed E-state index contributed by atoms with van der Waals surface area (Å²) in [7, 11) is 0. The number of ether oxygens (including phenoxy) is 2. The first-order valence-electron chi connectivity index (χ1n) is 5.30. The maximum absolute atomic E-state index is 12.1. The van der Waals surface area contributed by atoms with Gasteiger partial charge in [-0.15, -0.1) is 13.2 Å². The molecule has 1 aliphatic heterocycles. The molecule has 1 heterocycles. The molecule has 1 fully saturated rings. The molecule has 7 heteroatoms. The van der Waals surface area contributed by atoms with Crippen LogP contribution in [0.5, 0.6) is 5.75 Å². The normalized spacial score (nSPS) is 20.9. The molecular formula is C11H11BrF3NO2. The second kappa shape index (κ2) is 5.36. The van der Waals surface area contributed by atoms with Crippen LogP contribution in [0.1, 0.15) is 0 Å². The lowest BCUT2D eigenvalue weighted by molar-refractivity contribution is -0.274. The Morgan fingerprint density at radius 3 is 2.83 bits per heavy atom. The molecule has 1 aromatic rings. The summed E-state index contributed by atoms with van der Waals surface area (Å²) in [6.45, 7) is 1.65. The van der Waals surface area contributed by atoms with Crippen molar-refractivity contribution >= 4 is 21.6 Å². The molecule has 2 rings (SSSR count). The topological polar surface area (TPSA) is 21.7 Å². The number of halogens is 4. The van der Waals surface area contributed by atoms with Crippen molar-refractivity contribution in [3.8, 4) is 5.75 Å². The van der Waals surface area contributed by atoms with Gasteiger partial charge in [0.15, 0.2) is 0 Å². The highest BCUT2D eigenvalue weighted by molar-refractivity contribution is 9.09. The maximum atomic E-state index is 12.1. The van der Waals surface area contributed by atoms with Crippen molar-refractivity contribution in [3.05, 3.63) is 24.3 Å². The van der Waals surface area contributed by atoms with Crippen molar-refractivity contribution < 1.29 is 22.6 Å². The zero-order valence-electron chi connectivity index (χ0n) is 9.28. The Morgan fingerprint density at radius 2 is 2.17 bits per heavy atom. The van der Waals surface area contributed by atoms with Crippen LogP contribution in [0.15, 0.2) is 24.3 Å². The molecule has 0 radical (unpaired) electrons. The van der Waals surface area contributed by atoms with E-state index < -0.39 is 6.36 Å². The summed E-state index contributed by atoms with van der Waals surface area (Å²) >= 11 is 3.42. The fourth-order valence-electron chi connectivity index (χ4n) is 1.72. The smallest absolute Gasteiger partial charge is 0.406 e. The van der Waals surface area contributed by atoms with Crippen molar-refractivity contribution in [3.63, 3.8) is 0 Å². The Hall–Kier alpha value is -0.950. The number of nitrogens with zero attached hydrogens (tertiary/aromatic N) is 1. The quantitative estimate of drug-likeness (QED) is 0.616. The summed E-state index contributed by atoms with van der Waals surface area (Å²) in [5.41, 5.74) is 0.668. The van der Waals surface area contributed by atoms with E-state index in [-0.39, 0.29) is 10.7 Å². The Labute approximate surface area is 111 Å². The van der Waals surface area contributed by atoms with Crippen LogP contribution in [-0.4, -0.2) is 31.1 Å². The van der Waals surface area contributed by atoms with Crippen LogP contribution in [0.3, 0.4) is 0 Å². The minimum atomic E-state index is -4.67.